The van der Waals surface area contributed by atoms with E-state index in [1.54, 1.807) is 6.92 Å². The van der Waals surface area contributed by atoms with Crippen LogP contribution in [0.2, 0.25) is 0 Å². The predicted molar refractivity (Wildman–Crippen MR) is 93.2 cm³/mol. The maximum atomic E-state index is 11.6. The minimum atomic E-state index is -4.74. The van der Waals surface area contributed by atoms with Crippen LogP contribution in [0.1, 0.15) is 13.3 Å². The minimum absolute atomic E-state index is 0.0368. The van der Waals surface area contributed by atoms with Crippen LogP contribution in [0.5, 0.6) is 0 Å². The van der Waals surface area contributed by atoms with Crippen LogP contribution >= 0.6 is 0 Å². The Bertz CT molecular complexity index is 766. The van der Waals surface area contributed by atoms with Gasteiger partial charge in [-0.1, -0.05) is 67.6 Å². The highest BCUT2D eigenvalue weighted by Crippen LogP contribution is 2.17. The van der Waals surface area contributed by atoms with E-state index in [1.807, 2.05) is 12.1 Å². The zero-order chi connectivity index (χ0) is 18.0. The zero-order valence-corrected chi connectivity index (χ0v) is 14.7. The molecular weight excluding hydrogens is 359 g/mol. The van der Waals surface area contributed by atoms with Crippen molar-refractivity contribution < 1.29 is 21.6 Å². The Labute approximate surface area is 142 Å². The number of thiol groups is 1. The highest BCUT2D eigenvalue weighted by Gasteiger charge is 2.25. The van der Waals surface area contributed by atoms with Crippen molar-refractivity contribution in [1.29, 1.82) is 0 Å². The first-order valence-electron chi connectivity index (χ1n) is 7.10. The topological polar surface area (TPSA) is 46.5 Å². The summed E-state index contributed by atoms with van der Waals surface area (Å²) in [5.74, 6) is -0.0368. The number of nitrogens with zero attached hydrogens (tertiary/aromatic N) is 1. The second-order valence-corrected chi connectivity index (χ2v) is 8.54. The van der Waals surface area contributed by atoms with Gasteiger partial charge in [-0.15, -0.1) is 13.2 Å². The average Bonchev–Trinajstić information content (AvgIpc) is 2.55. The molecule has 0 amide bonds. The maximum absolute atomic E-state index is 11.6. The van der Waals surface area contributed by atoms with Gasteiger partial charge in [-0.25, -0.2) is 0 Å². The van der Waals surface area contributed by atoms with Crippen molar-refractivity contribution in [2.75, 3.05) is 5.75 Å². The number of halogens is 3. The van der Waals surface area contributed by atoms with Crippen LogP contribution < -0.4 is 0 Å². The Morgan fingerprint density at radius 3 is 1.62 bits per heavy atom. The van der Waals surface area contributed by atoms with Crippen LogP contribution in [-0.2, 0) is 18.5 Å². The number of hydrogen-bond acceptors (Lipinski definition) is 3. The molecule has 0 aromatic heterocycles. The molecule has 3 nitrogen and oxygen atoms in total. The summed E-state index contributed by atoms with van der Waals surface area (Å²) in [6.07, 6.45) is -4.36. The van der Waals surface area contributed by atoms with Crippen molar-refractivity contribution in [3.8, 4) is 11.1 Å². The molecule has 24 heavy (non-hydrogen) atoms. The normalized spacial score (nSPS) is 12.2. The van der Waals surface area contributed by atoms with Crippen molar-refractivity contribution in [2.24, 2.45) is 4.36 Å². The van der Waals surface area contributed by atoms with Gasteiger partial charge in [0, 0.05) is 5.75 Å². The van der Waals surface area contributed by atoms with E-state index in [9.17, 15) is 21.6 Å². The Morgan fingerprint density at radius 1 is 0.917 bits per heavy atom. The number of hydrogen-bond donors (Lipinski definition) is 1. The third-order valence-corrected chi connectivity index (χ3v) is 6.14. The molecule has 2 aromatic rings. The molecule has 0 fully saturated rings. The molecule has 0 spiro atoms. The van der Waals surface area contributed by atoms with Crippen molar-refractivity contribution in [1.82, 2.24) is 0 Å². The van der Waals surface area contributed by atoms with Crippen molar-refractivity contribution in [2.45, 2.75) is 19.6 Å². The summed E-state index contributed by atoms with van der Waals surface area (Å²) in [5.41, 5.74) is 2.55. The lowest BCUT2D eigenvalue weighted by Crippen LogP contribution is -2.03. The van der Waals surface area contributed by atoms with Gasteiger partial charge in [0.05, 0.1) is 0 Å². The van der Waals surface area contributed by atoms with E-state index in [-0.39, 0.29) is 5.75 Å². The van der Waals surface area contributed by atoms with E-state index in [1.165, 1.54) is 11.1 Å². The Morgan fingerprint density at radius 2 is 1.33 bits per heavy atom. The van der Waals surface area contributed by atoms with Crippen LogP contribution in [0.3, 0.4) is 0 Å². The fraction of sp³-hybridized carbons (Fsp3) is 0.250. The molecule has 8 heteroatoms. The molecule has 0 N–H and O–H groups in total. The third-order valence-electron chi connectivity index (χ3n) is 2.69. The second-order valence-electron chi connectivity index (χ2n) is 4.59. The van der Waals surface area contributed by atoms with Crippen LogP contribution in [-0.4, -0.2) is 20.5 Å². The molecular formula is C16H18F3NO2S2. The highest BCUT2D eigenvalue weighted by atomic mass is 32.8. The van der Waals surface area contributed by atoms with Gasteiger partial charge >= 0.3 is 6.30 Å². The van der Waals surface area contributed by atoms with E-state index in [0.29, 0.717) is 6.42 Å². The highest BCUT2D eigenvalue weighted by molar-refractivity contribution is 8.28. The van der Waals surface area contributed by atoms with Gasteiger partial charge in [-0.2, -0.15) is 12.8 Å². The molecule has 2 rings (SSSR count). The van der Waals surface area contributed by atoms with Crippen LogP contribution in [0.15, 0.2) is 65.0 Å². The van der Waals surface area contributed by atoms with Crippen LogP contribution in [0, 0.1) is 0 Å². The summed E-state index contributed by atoms with van der Waals surface area (Å²) in [7, 11) is -5.01. The fourth-order valence-electron chi connectivity index (χ4n) is 1.74. The monoisotopic (exact) mass is 377 g/mol. The first-order chi connectivity index (χ1) is 11.3. The Hall–Kier alpha value is -1.80. The summed E-state index contributed by atoms with van der Waals surface area (Å²) in [6, 6.07) is 20.8. The first-order valence-corrected chi connectivity index (χ1v) is 10.3. The molecule has 0 aliphatic heterocycles. The van der Waals surface area contributed by atoms with E-state index in [0.717, 1.165) is 0 Å². The van der Waals surface area contributed by atoms with Gasteiger partial charge in [-0.3, -0.25) is 0 Å². The van der Waals surface area contributed by atoms with Gasteiger partial charge in [0.1, 0.15) is 0 Å². The quantitative estimate of drug-likeness (QED) is 0.628. The molecule has 0 radical (unpaired) electrons. The molecule has 1 unspecified atom stereocenters. The van der Waals surface area contributed by atoms with Crippen molar-refractivity contribution in [3.05, 3.63) is 60.7 Å². The van der Waals surface area contributed by atoms with E-state index in [2.05, 4.69) is 52.9 Å². The summed E-state index contributed by atoms with van der Waals surface area (Å²) in [4.78, 5) is 0. The van der Waals surface area contributed by atoms with E-state index < -0.39 is 24.8 Å². The van der Waals surface area contributed by atoms with Gasteiger partial charge in [0.25, 0.3) is 0 Å². The molecule has 0 saturated carbocycles. The van der Waals surface area contributed by atoms with E-state index >= 15 is 0 Å². The molecule has 132 valence electrons. The standard InChI is InChI=1S/C12H10.C4H8F3NO2S2/c1-3-7-11(8-4-1)12-9-5-2-6-10-12;1-2-3-11(12(9)10)8-4(5,6)7/h1-10H;11H,2-3H2,1H3. The van der Waals surface area contributed by atoms with Gasteiger partial charge in [-0.05, 0) is 26.8 Å². The Balaban J connectivity index is 0.000000240. The van der Waals surface area contributed by atoms with Crippen LogP contribution in [0.4, 0.5) is 13.2 Å². The maximum Gasteiger partial charge on any atom is 0.509 e. The summed E-state index contributed by atoms with van der Waals surface area (Å²) in [6.45, 7) is 1.61. The second kappa shape index (κ2) is 10.1. The summed E-state index contributed by atoms with van der Waals surface area (Å²) < 4.78 is 57.4. The lowest BCUT2D eigenvalue weighted by molar-refractivity contribution is -0.117. The SMILES string of the molecule is CCC[SH](=NC(F)(F)F)=S(=O)=O.c1ccc(-c2ccccc2)cc1. The molecule has 0 aliphatic rings. The van der Waals surface area contributed by atoms with E-state index in [4.69, 9.17) is 0 Å². The zero-order valence-electron chi connectivity index (χ0n) is 12.9. The lowest BCUT2D eigenvalue weighted by Gasteiger charge is -1.98. The van der Waals surface area contributed by atoms with Crippen LogP contribution in [0.25, 0.3) is 11.1 Å². The van der Waals surface area contributed by atoms with Crippen molar-refractivity contribution >= 4 is 18.5 Å². The number of benzene rings is 2. The molecule has 1 atom stereocenters. The van der Waals surface area contributed by atoms with Crippen molar-refractivity contribution in [3.63, 3.8) is 0 Å². The first kappa shape index (κ1) is 20.2. The average molecular weight is 377 g/mol. The number of rotatable bonds is 3. The third kappa shape index (κ3) is 8.16. The molecule has 0 heterocycles. The summed E-state index contributed by atoms with van der Waals surface area (Å²) >= 11 is 0. The fourth-order valence-corrected chi connectivity index (χ4v) is 4.16. The Kier molecular flexibility index (Phi) is 8.56. The molecule has 0 saturated heterocycles. The number of alkyl halides is 3. The minimum Gasteiger partial charge on any atom is -0.177 e. The predicted octanol–water partition coefficient (Wildman–Crippen LogP) is 4.60. The summed E-state index contributed by atoms with van der Waals surface area (Å²) in [5, 5.41) is 0. The molecule has 0 bridgehead atoms. The van der Waals surface area contributed by atoms with Gasteiger partial charge in [0.15, 0.2) is 0 Å². The van der Waals surface area contributed by atoms with Gasteiger partial charge in [0.2, 0.25) is 9.26 Å². The smallest absolute Gasteiger partial charge is 0.177 e. The lowest BCUT2D eigenvalue weighted by atomic mass is 10.1. The van der Waals surface area contributed by atoms with Gasteiger partial charge < -0.3 is 0 Å². The molecule has 0 aliphatic carbocycles. The molecule has 2 aromatic carbocycles. The largest absolute Gasteiger partial charge is 0.509 e.